The summed E-state index contributed by atoms with van der Waals surface area (Å²) in [6.45, 7) is 5.54. The summed E-state index contributed by atoms with van der Waals surface area (Å²) in [4.78, 5) is 30.4. The molecule has 1 fully saturated rings. The first-order chi connectivity index (χ1) is 19.7. The molecule has 1 aliphatic rings. The van der Waals surface area contributed by atoms with Gasteiger partial charge in [0.2, 0.25) is 11.2 Å². The fourth-order valence-corrected chi connectivity index (χ4v) is 4.13. The van der Waals surface area contributed by atoms with Gasteiger partial charge in [-0.3, -0.25) is 14.7 Å². The molecular weight excluding hydrogens is 549 g/mol. The van der Waals surface area contributed by atoms with Gasteiger partial charge in [-0.1, -0.05) is 0 Å². The van der Waals surface area contributed by atoms with E-state index in [0.717, 1.165) is 31.4 Å². The van der Waals surface area contributed by atoms with Gasteiger partial charge in [-0.15, -0.1) is 0 Å². The Kier molecular flexibility index (Phi) is 10.4. The monoisotopic (exact) mass is 580 g/mol. The number of morpholine rings is 1. The van der Waals surface area contributed by atoms with Crippen LogP contribution in [0.25, 0.3) is 10.9 Å². The Hall–Kier alpha value is -3.84. The number of benzene rings is 1. The molecule has 0 saturated carbocycles. The van der Waals surface area contributed by atoms with Crippen molar-refractivity contribution in [2.24, 2.45) is 0 Å². The van der Waals surface area contributed by atoms with Crippen LogP contribution in [0, 0.1) is 0 Å². The predicted molar refractivity (Wildman–Crippen MR) is 140 cm³/mol. The van der Waals surface area contributed by atoms with Crippen LogP contribution in [0.3, 0.4) is 0 Å². The molecule has 1 saturated heterocycles. The molecule has 10 nitrogen and oxygen atoms in total. The molecule has 222 valence electrons. The Bertz CT molecular complexity index is 1370. The smallest absolute Gasteiger partial charge is 0.489 e. The lowest BCUT2D eigenvalue weighted by Crippen LogP contribution is -2.35. The summed E-state index contributed by atoms with van der Waals surface area (Å²) >= 11 is 0. The second kappa shape index (κ2) is 14.2. The Balaban J connectivity index is 1.29. The highest BCUT2D eigenvalue weighted by atomic mass is 19.4. The van der Waals surface area contributed by atoms with Crippen LogP contribution in [0.4, 0.5) is 18.0 Å². The third-order valence-electron chi connectivity index (χ3n) is 6.20. The number of carbonyl (C=O) groups excluding carboxylic acids is 1. The number of unbranched alkanes of at least 4 members (excludes halogenated alkanes) is 2. The number of alkyl halides is 3. The molecule has 0 bridgehead atoms. The molecule has 0 spiro atoms. The van der Waals surface area contributed by atoms with Crippen LogP contribution in [0.1, 0.15) is 37.5 Å². The zero-order valence-corrected chi connectivity index (χ0v) is 22.5. The van der Waals surface area contributed by atoms with Crippen molar-refractivity contribution in [1.82, 2.24) is 9.88 Å². The maximum atomic E-state index is 13.2. The molecule has 0 unspecified atom stereocenters. The maximum Gasteiger partial charge on any atom is 0.514 e. The van der Waals surface area contributed by atoms with Crippen LogP contribution in [0.2, 0.25) is 0 Å². The van der Waals surface area contributed by atoms with E-state index in [1.54, 1.807) is 6.92 Å². The van der Waals surface area contributed by atoms with Gasteiger partial charge in [-0.2, -0.15) is 13.2 Å². The van der Waals surface area contributed by atoms with Gasteiger partial charge in [0.1, 0.15) is 12.0 Å². The van der Waals surface area contributed by atoms with Crippen molar-refractivity contribution in [3.8, 4) is 17.2 Å². The minimum atomic E-state index is -4.54. The Labute approximate surface area is 233 Å². The summed E-state index contributed by atoms with van der Waals surface area (Å²) in [5.74, 6) is 0.714. The fraction of sp³-hybridized carbons (Fsp3) is 0.464. The van der Waals surface area contributed by atoms with Crippen molar-refractivity contribution in [2.75, 3.05) is 46.1 Å². The number of fused-ring (bicyclic) bond motifs is 1. The van der Waals surface area contributed by atoms with Crippen molar-refractivity contribution in [3.63, 3.8) is 0 Å². The lowest BCUT2D eigenvalue weighted by molar-refractivity contribution is -0.137. The number of rotatable bonds is 12. The third-order valence-corrected chi connectivity index (χ3v) is 6.20. The molecular formula is C28H31F3N2O8. The largest absolute Gasteiger partial charge is 0.514 e. The number of pyridine rings is 1. The van der Waals surface area contributed by atoms with Gasteiger partial charge in [-0.05, 0) is 44.4 Å². The first kappa shape index (κ1) is 30.1. The zero-order valence-electron chi connectivity index (χ0n) is 22.5. The number of carbonyl (C=O) groups is 1. The van der Waals surface area contributed by atoms with E-state index in [1.807, 2.05) is 0 Å². The van der Waals surface area contributed by atoms with Crippen LogP contribution in [-0.4, -0.2) is 62.2 Å². The topological polar surface area (TPSA) is 110 Å². The first-order valence-electron chi connectivity index (χ1n) is 13.3. The van der Waals surface area contributed by atoms with E-state index in [9.17, 15) is 22.8 Å². The Morgan fingerprint density at radius 3 is 2.51 bits per heavy atom. The number of nitrogens with zero attached hydrogens (tertiary/aromatic N) is 2. The van der Waals surface area contributed by atoms with E-state index in [4.69, 9.17) is 28.1 Å². The van der Waals surface area contributed by atoms with Crippen molar-refractivity contribution in [2.45, 2.75) is 38.9 Å². The molecule has 41 heavy (non-hydrogen) atoms. The van der Waals surface area contributed by atoms with Crippen molar-refractivity contribution >= 4 is 17.1 Å². The van der Waals surface area contributed by atoms with Gasteiger partial charge in [0.15, 0.2) is 11.5 Å². The Morgan fingerprint density at radius 2 is 1.80 bits per heavy atom. The molecule has 3 aromatic rings. The van der Waals surface area contributed by atoms with Crippen molar-refractivity contribution in [1.29, 1.82) is 0 Å². The summed E-state index contributed by atoms with van der Waals surface area (Å²) in [7, 11) is 0. The highest BCUT2D eigenvalue weighted by Gasteiger charge is 2.31. The van der Waals surface area contributed by atoms with E-state index in [1.165, 1.54) is 18.4 Å². The van der Waals surface area contributed by atoms with Gasteiger partial charge in [0, 0.05) is 24.5 Å². The minimum absolute atomic E-state index is 0.0363. The molecule has 0 aliphatic carbocycles. The summed E-state index contributed by atoms with van der Waals surface area (Å²) in [6, 6.07) is 4.48. The molecule has 4 rings (SSSR count). The van der Waals surface area contributed by atoms with E-state index < -0.39 is 17.9 Å². The van der Waals surface area contributed by atoms with E-state index in [2.05, 4.69) is 9.88 Å². The predicted octanol–water partition coefficient (Wildman–Crippen LogP) is 5.20. The number of hydrogen-bond acceptors (Lipinski definition) is 10. The van der Waals surface area contributed by atoms with Crippen LogP contribution < -0.4 is 19.6 Å². The van der Waals surface area contributed by atoms with Crippen LogP contribution >= 0.6 is 0 Å². The third kappa shape index (κ3) is 8.57. The number of halogens is 3. The minimum Gasteiger partial charge on any atom is -0.489 e. The highest BCUT2D eigenvalue weighted by molar-refractivity contribution is 5.88. The van der Waals surface area contributed by atoms with Gasteiger partial charge in [-0.25, -0.2) is 4.79 Å². The van der Waals surface area contributed by atoms with Gasteiger partial charge < -0.3 is 28.1 Å². The van der Waals surface area contributed by atoms with Crippen LogP contribution in [0.5, 0.6) is 17.2 Å². The summed E-state index contributed by atoms with van der Waals surface area (Å²) in [6.07, 6.45) is -1.25. The summed E-state index contributed by atoms with van der Waals surface area (Å²) in [5, 5.41) is 0.256. The summed E-state index contributed by atoms with van der Waals surface area (Å²) < 4.78 is 71.7. The quantitative estimate of drug-likeness (QED) is 0.209. The first-order valence-corrected chi connectivity index (χ1v) is 13.3. The fourth-order valence-electron chi connectivity index (χ4n) is 4.13. The van der Waals surface area contributed by atoms with E-state index in [0.29, 0.717) is 44.8 Å². The number of aromatic nitrogens is 1. The molecule has 13 heteroatoms. The lowest BCUT2D eigenvalue weighted by atomic mass is 10.1. The second-order valence-electron chi connectivity index (χ2n) is 9.19. The SMILES string of the molecule is CCOC(=O)Oc1cnc2cc(C(F)(F)F)ccc2c1OCCCCCOc1coc(CN2CCOCC2)cc1=O. The number of hydrogen-bond donors (Lipinski definition) is 0. The molecule has 0 N–H and O–H groups in total. The second-order valence-corrected chi connectivity index (χ2v) is 9.19. The average Bonchev–Trinajstić information content (AvgIpc) is 2.94. The van der Waals surface area contributed by atoms with Crippen LogP contribution in [0.15, 0.2) is 45.9 Å². The van der Waals surface area contributed by atoms with E-state index in [-0.39, 0.29) is 53.4 Å². The van der Waals surface area contributed by atoms with Gasteiger partial charge in [0.05, 0.1) is 56.9 Å². The molecule has 3 heterocycles. The highest BCUT2D eigenvalue weighted by Crippen LogP contribution is 2.38. The van der Waals surface area contributed by atoms with Crippen molar-refractivity contribution < 1.29 is 46.1 Å². The molecule has 0 radical (unpaired) electrons. The zero-order chi connectivity index (χ0) is 29.2. The average molecular weight is 581 g/mol. The molecule has 0 amide bonds. The lowest BCUT2D eigenvalue weighted by Gasteiger charge is -2.25. The standard InChI is InChI=1S/C28H31F3N2O8/c1-2-37-27(35)41-24-16-32-22-14-19(28(29,30)31)6-7-21(22)26(24)39-11-5-3-4-10-38-25-18-40-20(15-23(25)34)17-33-8-12-36-13-9-33/h6-7,14-16,18H,2-5,8-13,17H2,1H3. The summed E-state index contributed by atoms with van der Waals surface area (Å²) in [5.41, 5.74) is -1.08. The van der Waals surface area contributed by atoms with Gasteiger partial charge >= 0.3 is 12.3 Å². The number of ether oxygens (including phenoxy) is 5. The maximum absolute atomic E-state index is 13.2. The molecule has 2 aromatic heterocycles. The van der Waals surface area contributed by atoms with E-state index >= 15 is 0 Å². The molecule has 0 atom stereocenters. The van der Waals surface area contributed by atoms with Crippen molar-refractivity contribution in [3.05, 3.63) is 58.3 Å². The molecule has 1 aromatic carbocycles. The normalized spacial score (nSPS) is 14.1. The molecule has 1 aliphatic heterocycles. The van der Waals surface area contributed by atoms with Crippen LogP contribution in [-0.2, 0) is 22.2 Å². The van der Waals surface area contributed by atoms with Gasteiger partial charge in [0.25, 0.3) is 0 Å². The Morgan fingerprint density at radius 1 is 1.05 bits per heavy atom.